The maximum Gasteiger partial charge on any atom is 0.269 e. The van der Waals surface area contributed by atoms with Gasteiger partial charge in [0.15, 0.2) is 0 Å². The van der Waals surface area contributed by atoms with Crippen LogP contribution in [-0.4, -0.2) is 41.3 Å². The third-order valence-electron chi connectivity index (χ3n) is 3.51. The Labute approximate surface area is 145 Å². The molecular formula is C15H21ClN4O4. The van der Waals surface area contributed by atoms with E-state index in [1.54, 1.807) is 0 Å². The van der Waals surface area contributed by atoms with Crippen LogP contribution in [0.3, 0.4) is 0 Å². The summed E-state index contributed by atoms with van der Waals surface area (Å²) in [4.78, 5) is 35.4. The van der Waals surface area contributed by atoms with Crippen LogP contribution in [0.5, 0.6) is 0 Å². The van der Waals surface area contributed by atoms with Gasteiger partial charge in [-0.25, -0.2) is 0 Å². The molecule has 0 bridgehead atoms. The molecular weight excluding hydrogens is 336 g/mol. The summed E-state index contributed by atoms with van der Waals surface area (Å²) in [6.07, 6.45) is 0. The number of amides is 2. The predicted molar refractivity (Wildman–Crippen MR) is 90.4 cm³/mol. The number of nitrogens with one attached hydrogen (secondary N) is 1. The first-order valence-corrected chi connectivity index (χ1v) is 7.71. The second-order valence-corrected chi connectivity index (χ2v) is 6.18. The molecule has 1 atom stereocenters. The number of nitro groups is 1. The number of nitro benzene ring substituents is 1. The van der Waals surface area contributed by atoms with Crippen LogP contribution in [0.25, 0.3) is 0 Å². The van der Waals surface area contributed by atoms with Crippen LogP contribution in [0, 0.1) is 16.0 Å². The first-order chi connectivity index (χ1) is 11.1. The third-order valence-corrected chi connectivity index (χ3v) is 3.88. The lowest BCUT2D eigenvalue weighted by Crippen LogP contribution is -2.47. The van der Waals surface area contributed by atoms with Crippen molar-refractivity contribution in [3.05, 3.63) is 38.9 Å². The summed E-state index contributed by atoms with van der Waals surface area (Å²) in [6, 6.07) is 3.34. The molecule has 1 aromatic rings. The van der Waals surface area contributed by atoms with Crippen LogP contribution in [0.15, 0.2) is 18.2 Å². The molecule has 8 nitrogen and oxygen atoms in total. The second kappa shape index (κ2) is 8.60. The Balaban J connectivity index is 2.66. The fourth-order valence-electron chi connectivity index (χ4n) is 1.86. The molecule has 1 aromatic carbocycles. The van der Waals surface area contributed by atoms with Gasteiger partial charge in [-0.05, 0) is 17.5 Å². The summed E-state index contributed by atoms with van der Waals surface area (Å²) in [5, 5.41) is 13.6. The van der Waals surface area contributed by atoms with Crippen LogP contribution in [0.1, 0.15) is 19.4 Å². The van der Waals surface area contributed by atoms with Crippen LogP contribution in [-0.2, 0) is 16.1 Å². The van der Waals surface area contributed by atoms with Crippen molar-refractivity contribution in [1.29, 1.82) is 0 Å². The Morgan fingerprint density at radius 2 is 2.04 bits per heavy atom. The lowest BCUT2D eigenvalue weighted by molar-refractivity contribution is -0.384. The van der Waals surface area contributed by atoms with Gasteiger partial charge in [-0.3, -0.25) is 19.7 Å². The monoisotopic (exact) mass is 356 g/mol. The molecule has 0 aliphatic carbocycles. The first kappa shape index (κ1) is 19.9. The number of halogens is 1. The van der Waals surface area contributed by atoms with E-state index in [0.29, 0.717) is 10.6 Å². The number of likely N-dealkylation sites (N-methyl/N-ethyl adjacent to an activating group) is 1. The number of rotatable bonds is 7. The minimum Gasteiger partial charge on any atom is -0.346 e. The van der Waals surface area contributed by atoms with Gasteiger partial charge in [-0.2, -0.15) is 0 Å². The molecule has 0 radical (unpaired) electrons. The molecule has 0 saturated carbocycles. The van der Waals surface area contributed by atoms with E-state index >= 15 is 0 Å². The van der Waals surface area contributed by atoms with E-state index in [0.717, 1.165) is 0 Å². The fourth-order valence-corrected chi connectivity index (χ4v) is 2.04. The standard InChI is InChI=1S/C15H21ClN4O4/c1-9(2)14(17)15(22)18-7-13(21)19(3)8-10-6-11(20(23)24)4-5-12(10)16/h4-6,9,14H,7-8,17H2,1-3H3,(H,18,22)/t14-/m0/s1. The molecule has 0 aliphatic rings. The largest absolute Gasteiger partial charge is 0.346 e. The highest BCUT2D eigenvalue weighted by molar-refractivity contribution is 6.31. The van der Waals surface area contributed by atoms with Gasteiger partial charge in [0.1, 0.15) is 0 Å². The number of hydrogen-bond donors (Lipinski definition) is 2. The molecule has 2 amide bonds. The fraction of sp³-hybridized carbons (Fsp3) is 0.467. The maximum atomic E-state index is 12.1. The van der Waals surface area contributed by atoms with Crippen molar-refractivity contribution < 1.29 is 14.5 Å². The van der Waals surface area contributed by atoms with Crippen LogP contribution >= 0.6 is 11.6 Å². The van der Waals surface area contributed by atoms with Crippen molar-refractivity contribution in [2.24, 2.45) is 11.7 Å². The van der Waals surface area contributed by atoms with Gasteiger partial charge in [-0.15, -0.1) is 0 Å². The minimum atomic E-state index is -0.686. The topological polar surface area (TPSA) is 119 Å². The Morgan fingerprint density at radius 1 is 1.42 bits per heavy atom. The van der Waals surface area contributed by atoms with E-state index < -0.39 is 16.9 Å². The van der Waals surface area contributed by atoms with Gasteiger partial charge in [0.25, 0.3) is 5.69 Å². The van der Waals surface area contributed by atoms with Crippen molar-refractivity contribution in [1.82, 2.24) is 10.2 Å². The molecule has 3 N–H and O–H groups in total. The molecule has 0 aromatic heterocycles. The normalized spacial score (nSPS) is 11.9. The highest BCUT2D eigenvalue weighted by Gasteiger charge is 2.19. The lowest BCUT2D eigenvalue weighted by atomic mass is 10.1. The van der Waals surface area contributed by atoms with E-state index in [4.69, 9.17) is 17.3 Å². The smallest absolute Gasteiger partial charge is 0.269 e. The summed E-state index contributed by atoms with van der Waals surface area (Å²) in [6.45, 7) is 3.50. The van der Waals surface area contributed by atoms with Crippen LogP contribution in [0.4, 0.5) is 5.69 Å². The number of carbonyl (C=O) groups excluding carboxylic acids is 2. The number of carbonyl (C=O) groups is 2. The van der Waals surface area contributed by atoms with Crippen molar-refractivity contribution in [3.8, 4) is 0 Å². The summed E-state index contributed by atoms with van der Waals surface area (Å²) in [5.41, 5.74) is 6.04. The zero-order valence-corrected chi connectivity index (χ0v) is 14.5. The zero-order valence-electron chi connectivity index (χ0n) is 13.8. The Hall–Kier alpha value is -2.19. The van der Waals surface area contributed by atoms with E-state index in [2.05, 4.69) is 5.32 Å². The summed E-state index contributed by atoms with van der Waals surface area (Å²) in [7, 11) is 1.52. The van der Waals surface area contributed by atoms with Gasteiger partial charge in [-0.1, -0.05) is 25.4 Å². The van der Waals surface area contributed by atoms with Crippen LogP contribution < -0.4 is 11.1 Å². The Bertz CT molecular complexity index is 636. The number of nitrogens with zero attached hydrogens (tertiary/aromatic N) is 2. The van der Waals surface area contributed by atoms with Gasteiger partial charge in [0.2, 0.25) is 11.8 Å². The maximum absolute atomic E-state index is 12.1. The molecule has 0 aliphatic heterocycles. The summed E-state index contributed by atoms with van der Waals surface area (Å²) in [5.74, 6) is -0.802. The van der Waals surface area contributed by atoms with E-state index in [-0.39, 0.29) is 30.6 Å². The summed E-state index contributed by atoms with van der Waals surface area (Å²) >= 11 is 6.01. The van der Waals surface area contributed by atoms with Crippen molar-refractivity contribution >= 4 is 29.1 Å². The van der Waals surface area contributed by atoms with Crippen LogP contribution in [0.2, 0.25) is 5.02 Å². The number of nitrogens with two attached hydrogens (primary N) is 1. The Kier molecular flexibility index (Phi) is 7.12. The average molecular weight is 357 g/mol. The van der Waals surface area contributed by atoms with E-state index in [1.807, 2.05) is 13.8 Å². The van der Waals surface area contributed by atoms with Crippen molar-refractivity contribution in [3.63, 3.8) is 0 Å². The summed E-state index contributed by atoms with van der Waals surface area (Å²) < 4.78 is 0. The quantitative estimate of drug-likeness (QED) is 0.564. The molecule has 1 rings (SSSR count). The highest BCUT2D eigenvalue weighted by Crippen LogP contribution is 2.23. The van der Waals surface area contributed by atoms with E-state index in [9.17, 15) is 19.7 Å². The Morgan fingerprint density at radius 3 is 2.58 bits per heavy atom. The number of non-ortho nitro benzene ring substituents is 1. The van der Waals surface area contributed by atoms with Gasteiger partial charge >= 0.3 is 0 Å². The molecule has 0 heterocycles. The first-order valence-electron chi connectivity index (χ1n) is 7.33. The third kappa shape index (κ3) is 5.47. The molecule has 0 spiro atoms. The molecule has 132 valence electrons. The average Bonchev–Trinajstić information content (AvgIpc) is 2.52. The molecule has 0 unspecified atom stereocenters. The van der Waals surface area contributed by atoms with Crippen molar-refractivity contribution in [2.45, 2.75) is 26.4 Å². The molecule has 24 heavy (non-hydrogen) atoms. The predicted octanol–water partition coefficient (Wildman–Crippen LogP) is 1.31. The molecule has 9 heteroatoms. The molecule has 0 saturated heterocycles. The second-order valence-electron chi connectivity index (χ2n) is 5.77. The van der Waals surface area contributed by atoms with Gasteiger partial charge in [0, 0.05) is 30.7 Å². The zero-order chi connectivity index (χ0) is 18.4. The number of benzene rings is 1. The minimum absolute atomic E-state index is 0.0403. The molecule has 0 fully saturated rings. The van der Waals surface area contributed by atoms with Crippen molar-refractivity contribution in [2.75, 3.05) is 13.6 Å². The van der Waals surface area contributed by atoms with Gasteiger partial charge < -0.3 is 16.0 Å². The van der Waals surface area contributed by atoms with Gasteiger partial charge in [0.05, 0.1) is 17.5 Å². The lowest BCUT2D eigenvalue weighted by Gasteiger charge is -2.20. The van der Waals surface area contributed by atoms with E-state index in [1.165, 1.54) is 30.1 Å². The number of hydrogen-bond acceptors (Lipinski definition) is 5. The highest BCUT2D eigenvalue weighted by atomic mass is 35.5. The SMILES string of the molecule is CC(C)[C@H](N)C(=O)NCC(=O)N(C)Cc1cc([N+](=O)[O-])ccc1Cl.